The van der Waals surface area contributed by atoms with Crippen LogP contribution in [0.2, 0.25) is 0 Å². The van der Waals surface area contributed by atoms with E-state index in [1.54, 1.807) is 6.20 Å². The van der Waals surface area contributed by atoms with Gasteiger partial charge in [-0.15, -0.1) is 0 Å². The summed E-state index contributed by atoms with van der Waals surface area (Å²) in [5.74, 6) is 0.0735. The van der Waals surface area contributed by atoms with E-state index in [0.29, 0.717) is 17.6 Å². The Kier molecular flexibility index (Phi) is 3.20. The number of H-pyrrole nitrogens is 2. The highest BCUT2D eigenvalue weighted by Crippen LogP contribution is 2.28. The second kappa shape index (κ2) is 4.89. The number of aliphatic hydroxyl groups is 2. The first-order valence-corrected chi connectivity index (χ1v) is 6.47. The Bertz CT molecular complexity index is 669. The minimum atomic E-state index is -0.306. The van der Waals surface area contributed by atoms with Gasteiger partial charge < -0.3 is 20.9 Å². The van der Waals surface area contributed by atoms with Gasteiger partial charge >= 0.3 is 0 Å². The van der Waals surface area contributed by atoms with Crippen molar-refractivity contribution >= 4 is 17.0 Å². The number of aromatic amines is 2. The van der Waals surface area contributed by atoms with Crippen LogP contribution in [-0.2, 0) is 6.54 Å². The first-order valence-electron chi connectivity index (χ1n) is 6.47. The molecular weight excluding hydrogens is 262 g/mol. The predicted molar refractivity (Wildman–Crippen MR) is 73.0 cm³/mol. The van der Waals surface area contributed by atoms with Crippen molar-refractivity contribution in [1.29, 1.82) is 0 Å². The summed E-state index contributed by atoms with van der Waals surface area (Å²) in [6, 6.07) is 0.0767. The van der Waals surface area contributed by atoms with E-state index in [1.165, 1.54) is 0 Å². The number of anilines is 1. The van der Waals surface area contributed by atoms with Crippen molar-refractivity contribution in [1.82, 2.24) is 19.9 Å². The predicted octanol–water partition coefficient (Wildman–Crippen LogP) is -1.24. The Balaban J connectivity index is 1.93. The molecule has 20 heavy (non-hydrogen) atoms. The maximum atomic E-state index is 11.7. The van der Waals surface area contributed by atoms with Gasteiger partial charge in [-0.05, 0) is 6.42 Å². The van der Waals surface area contributed by atoms with Crippen LogP contribution >= 0.6 is 0 Å². The van der Waals surface area contributed by atoms with E-state index in [1.807, 2.05) is 4.90 Å². The third kappa shape index (κ3) is 1.98. The monoisotopic (exact) mass is 279 g/mol. The SMILES string of the molecule is Nc1nc2c(CN3C(CO)CC3CO)c[nH]c2c(=O)[nH]1. The zero-order chi connectivity index (χ0) is 14.3. The largest absolute Gasteiger partial charge is 0.395 e. The van der Waals surface area contributed by atoms with Crippen LogP contribution in [0.4, 0.5) is 5.95 Å². The molecule has 108 valence electrons. The van der Waals surface area contributed by atoms with E-state index in [-0.39, 0.29) is 36.8 Å². The van der Waals surface area contributed by atoms with Gasteiger partial charge in [-0.25, -0.2) is 4.98 Å². The van der Waals surface area contributed by atoms with Crippen molar-refractivity contribution < 1.29 is 10.2 Å². The van der Waals surface area contributed by atoms with Crippen molar-refractivity contribution in [3.05, 3.63) is 22.1 Å². The highest BCUT2D eigenvalue weighted by Gasteiger charge is 2.37. The molecule has 2 aromatic rings. The van der Waals surface area contributed by atoms with Crippen LogP contribution in [0.5, 0.6) is 0 Å². The van der Waals surface area contributed by atoms with E-state index < -0.39 is 0 Å². The summed E-state index contributed by atoms with van der Waals surface area (Å²) in [5, 5.41) is 18.6. The quantitative estimate of drug-likeness (QED) is 0.476. The van der Waals surface area contributed by atoms with Crippen LogP contribution in [0.25, 0.3) is 11.0 Å². The molecule has 0 amide bonds. The van der Waals surface area contributed by atoms with Crippen LogP contribution in [0.3, 0.4) is 0 Å². The van der Waals surface area contributed by atoms with Crippen molar-refractivity contribution in [3.8, 4) is 0 Å². The summed E-state index contributed by atoms with van der Waals surface area (Å²) in [6.07, 6.45) is 2.49. The first kappa shape index (κ1) is 13.1. The molecule has 1 aliphatic heterocycles. The van der Waals surface area contributed by atoms with Crippen LogP contribution in [-0.4, -0.2) is 55.4 Å². The molecular formula is C12H17N5O3. The molecule has 2 unspecified atom stereocenters. The lowest BCUT2D eigenvalue weighted by atomic mass is 9.93. The van der Waals surface area contributed by atoms with Crippen LogP contribution < -0.4 is 11.3 Å². The Labute approximate surface area is 114 Å². The van der Waals surface area contributed by atoms with Crippen LogP contribution in [0, 0.1) is 0 Å². The lowest BCUT2D eigenvalue weighted by Crippen LogP contribution is -2.58. The summed E-state index contributed by atoms with van der Waals surface area (Å²) < 4.78 is 0. The molecule has 0 saturated carbocycles. The lowest BCUT2D eigenvalue weighted by Gasteiger charge is -2.47. The molecule has 2 atom stereocenters. The highest BCUT2D eigenvalue weighted by atomic mass is 16.3. The van der Waals surface area contributed by atoms with Gasteiger partial charge in [0.25, 0.3) is 5.56 Å². The minimum absolute atomic E-state index is 0.0384. The summed E-state index contributed by atoms with van der Waals surface area (Å²) >= 11 is 0. The zero-order valence-corrected chi connectivity index (χ0v) is 10.8. The average Bonchev–Trinajstić information content (AvgIpc) is 2.79. The number of likely N-dealkylation sites (tertiary alicyclic amines) is 1. The van der Waals surface area contributed by atoms with Crippen molar-refractivity contribution in [2.75, 3.05) is 18.9 Å². The third-order valence-electron chi connectivity index (χ3n) is 3.89. The normalized spacial score (nSPS) is 23.1. The summed E-state index contributed by atoms with van der Waals surface area (Å²) in [4.78, 5) is 23.2. The van der Waals surface area contributed by atoms with E-state index in [2.05, 4.69) is 15.0 Å². The number of hydrogen-bond acceptors (Lipinski definition) is 6. The van der Waals surface area contributed by atoms with E-state index in [4.69, 9.17) is 5.73 Å². The molecule has 0 aliphatic carbocycles. The number of nitrogens with two attached hydrogens (primary N) is 1. The van der Waals surface area contributed by atoms with Gasteiger partial charge in [0.15, 0.2) is 0 Å². The minimum Gasteiger partial charge on any atom is -0.395 e. The lowest BCUT2D eigenvalue weighted by molar-refractivity contribution is -0.0472. The second-order valence-corrected chi connectivity index (χ2v) is 5.07. The molecule has 3 rings (SSSR count). The fourth-order valence-electron chi connectivity index (χ4n) is 2.76. The van der Waals surface area contributed by atoms with Crippen LogP contribution in [0.15, 0.2) is 11.0 Å². The molecule has 1 aliphatic rings. The average molecular weight is 279 g/mol. The van der Waals surface area contributed by atoms with Gasteiger partial charge in [-0.1, -0.05) is 0 Å². The molecule has 0 aromatic carbocycles. The van der Waals surface area contributed by atoms with Gasteiger partial charge in [-0.3, -0.25) is 14.7 Å². The summed E-state index contributed by atoms with van der Waals surface area (Å²) in [6.45, 7) is 0.607. The van der Waals surface area contributed by atoms with Crippen molar-refractivity contribution in [2.45, 2.75) is 25.0 Å². The molecule has 8 nitrogen and oxygen atoms in total. The number of hydrogen-bond donors (Lipinski definition) is 5. The van der Waals surface area contributed by atoms with Gasteiger partial charge in [0, 0.05) is 30.4 Å². The van der Waals surface area contributed by atoms with E-state index in [9.17, 15) is 15.0 Å². The number of nitrogen functional groups attached to an aromatic ring is 1. The number of nitrogens with one attached hydrogen (secondary N) is 2. The first-order chi connectivity index (χ1) is 9.63. The van der Waals surface area contributed by atoms with Gasteiger partial charge in [0.05, 0.1) is 13.2 Å². The Morgan fingerprint density at radius 1 is 1.40 bits per heavy atom. The number of fused-ring (bicyclic) bond motifs is 1. The molecule has 0 bridgehead atoms. The summed E-state index contributed by atoms with van der Waals surface area (Å²) in [5.41, 5.74) is 7.00. The van der Waals surface area contributed by atoms with Gasteiger partial charge in [0.2, 0.25) is 5.95 Å². The second-order valence-electron chi connectivity index (χ2n) is 5.07. The Morgan fingerprint density at radius 3 is 2.75 bits per heavy atom. The molecule has 3 heterocycles. The Morgan fingerprint density at radius 2 is 2.10 bits per heavy atom. The zero-order valence-electron chi connectivity index (χ0n) is 10.8. The fourth-order valence-corrected chi connectivity index (χ4v) is 2.76. The smallest absolute Gasteiger partial charge is 0.276 e. The van der Waals surface area contributed by atoms with Crippen molar-refractivity contribution in [3.63, 3.8) is 0 Å². The standard InChI is InChI=1S/C12H17N5O3/c13-12-15-9-6(2-14-10(9)11(20)16-12)3-17-7(4-18)1-8(17)5-19/h2,7-8,14,18-19H,1,3-5H2,(H3,13,15,16,20). The van der Waals surface area contributed by atoms with Crippen LogP contribution in [0.1, 0.15) is 12.0 Å². The molecule has 8 heteroatoms. The van der Waals surface area contributed by atoms with Gasteiger partial charge in [0.1, 0.15) is 11.0 Å². The van der Waals surface area contributed by atoms with E-state index in [0.717, 1.165) is 12.0 Å². The molecule has 0 radical (unpaired) electrons. The molecule has 1 fully saturated rings. The fraction of sp³-hybridized carbons (Fsp3) is 0.500. The number of aromatic nitrogens is 3. The maximum Gasteiger partial charge on any atom is 0.276 e. The molecule has 0 spiro atoms. The molecule has 1 saturated heterocycles. The van der Waals surface area contributed by atoms with Gasteiger partial charge in [-0.2, -0.15) is 0 Å². The number of rotatable bonds is 4. The van der Waals surface area contributed by atoms with E-state index >= 15 is 0 Å². The summed E-state index contributed by atoms with van der Waals surface area (Å²) in [7, 11) is 0. The number of aliphatic hydroxyl groups excluding tert-OH is 2. The van der Waals surface area contributed by atoms with Crippen molar-refractivity contribution in [2.24, 2.45) is 0 Å². The topological polar surface area (TPSA) is 131 Å². The maximum absolute atomic E-state index is 11.7. The Hall–Kier alpha value is -1.90. The molecule has 6 N–H and O–H groups in total. The number of nitrogens with zero attached hydrogens (tertiary/aromatic N) is 2. The third-order valence-corrected chi connectivity index (χ3v) is 3.89. The molecule has 2 aromatic heterocycles. The highest BCUT2D eigenvalue weighted by molar-refractivity contribution is 5.78.